The number of hydrogen-bond donors (Lipinski definition) is 1. The number of thiophene rings is 2. The molecule has 0 aromatic carbocycles. The van der Waals surface area contributed by atoms with Crippen LogP contribution in [0.2, 0.25) is 0 Å². The zero-order valence-electron chi connectivity index (χ0n) is 9.65. The van der Waals surface area contributed by atoms with E-state index in [1.807, 2.05) is 23.6 Å². The summed E-state index contributed by atoms with van der Waals surface area (Å²) in [5.41, 5.74) is 8.47. The fourth-order valence-electron chi connectivity index (χ4n) is 1.50. The van der Waals surface area contributed by atoms with E-state index in [0.29, 0.717) is 11.3 Å². The SMILES string of the molecule is Cc1cc(/C(N)=C(/C#N)c2cccs2)sc1C. The molecule has 0 aliphatic heterocycles. The lowest BCUT2D eigenvalue weighted by atomic mass is 10.1. The smallest absolute Gasteiger partial charge is 0.103 e. The average Bonchev–Trinajstić information content (AvgIpc) is 2.91. The number of nitriles is 1. The van der Waals surface area contributed by atoms with Crippen LogP contribution in [0.3, 0.4) is 0 Å². The van der Waals surface area contributed by atoms with Gasteiger partial charge in [0.1, 0.15) is 6.07 Å². The average molecular weight is 260 g/mol. The van der Waals surface area contributed by atoms with E-state index in [-0.39, 0.29) is 0 Å². The third-order valence-electron chi connectivity index (χ3n) is 2.58. The first-order valence-electron chi connectivity index (χ1n) is 5.14. The minimum Gasteiger partial charge on any atom is -0.396 e. The lowest BCUT2D eigenvalue weighted by molar-refractivity contribution is 1.44. The summed E-state index contributed by atoms with van der Waals surface area (Å²) in [6, 6.07) is 8.09. The maximum Gasteiger partial charge on any atom is 0.103 e. The Labute approximate surface area is 109 Å². The number of nitrogens with two attached hydrogens (primary N) is 1. The maximum absolute atomic E-state index is 9.23. The Hall–Kier alpha value is -1.57. The predicted molar refractivity (Wildman–Crippen MR) is 74.7 cm³/mol. The van der Waals surface area contributed by atoms with Crippen molar-refractivity contribution in [2.75, 3.05) is 0 Å². The van der Waals surface area contributed by atoms with Gasteiger partial charge in [-0.2, -0.15) is 5.26 Å². The normalized spacial score (nSPS) is 12.1. The molecule has 0 bridgehead atoms. The molecule has 0 atom stereocenters. The van der Waals surface area contributed by atoms with Crippen molar-refractivity contribution in [1.82, 2.24) is 0 Å². The van der Waals surface area contributed by atoms with Gasteiger partial charge in [-0.3, -0.25) is 0 Å². The second-order valence-electron chi connectivity index (χ2n) is 3.73. The van der Waals surface area contributed by atoms with Crippen LogP contribution < -0.4 is 5.73 Å². The topological polar surface area (TPSA) is 49.8 Å². The zero-order chi connectivity index (χ0) is 12.4. The van der Waals surface area contributed by atoms with Crippen LogP contribution >= 0.6 is 22.7 Å². The Kier molecular flexibility index (Phi) is 3.32. The molecule has 17 heavy (non-hydrogen) atoms. The van der Waals surface area contributed by atoms with E-state index < -0.39 is 0 Å². The van der Waals surface area contributed by atoms with Crippen molar-refractivity contribution in [3.8, 4) is 6.07 Å². The molecule has 2 heterocycles. The van der Waals surface area contributed by atoms with Crippen molar-refractivity contribution in [3.05, 3.63) is 43.8 Å². The summed E-state index contributed by atoms with van der Waals surface area (Å²) < 4.78 is 0. The van der Waals surface area contributed by atoms with Crippen molar-refractivity contribution in [2.24, 2.45) is 5.73 Å². The highest BCUT2D eigenvalue weighted by Gasteiger charge is 2.12. The Bertz CT molecular complexity index is 578. The lowest BCUT2D eigenvalue weighted by Gasteiger charge is -2.00. The number of hydrogen-bond acceptors (Lipinski definition) is 4. The predicted octanol–water partition coefficient (Wildman–Crippen LogP) is 3.78. The summed E-state index contributed by atoms with van der Waals surface area (Å²) in [4.78, 5) is 3.14. The first-order chi connectivity index (χ1) is 8.13. The second-order valence-corrected chi connectivity index (χ2v) is 5.93. The van der Waals surface area contributed by atoms with Gasteiger partial charge >= 0.3 is 0 Å². The molecule has 0 spiro atoms. The van der Waals surface area contributed by atoms with Crippen LogP contribution in [0.25, 0.3) is 11.3 Å². The molecule has 2 nitrogen and oxygen atoms in total. The third kappa shape index (κ3) is 2.26. The van der Waals surface area contributed by atoms with Crippen molar-refractivity contribution in [3.63, 3.8) is 0 Å². The molecule has 2 aromatic rings. The molecule has 0 aliphatic carbocycles. The summed E-state index contributed by atoms with van der Waals surface area (Å²) in [6.45, 7) is 4.12. The van der Waals surface area contributed by atoms with E-state index in [2.05, 4.69) is 19.9 Å². The van der Waals surface area contributed by atoms with Gasteiger partial charge in [0, 0.05) is 9.75 Å². The van der Waals surface area contributed by atoms with E-state index >= 15 is 0 Å². The fourth-order valence-corrected chi connectivity index (χ4v) is 3.23. The molecule has 0 fully saturated rings. The maximum atomic E-state index is 9.23. The van der Waals surface area contributed by atoms with Gasteiger partial charge in [-0.1, -0.05) is 6.07 Å². The number of rotatable bonds is 2. The first-order valence-corrected chi connectivity index (χ1v) is 6.84. The second kappa shape index (κ2) is 4.74. The van der Waals surface area contributed by atoms with Crippen LogP contribution in [0.1, 0.15) is 20.2 Å². The Morgan fingerprint density at radius 1 is 1.35 bits per heavy atom. The molecule has 4 heteroatoms. The molecule has 0 radical (unpaired) electrons. The van der Waals surface area contributed by atoms with E-state index in [4.69, 9.17) is 5.73 Å². The van der Waals surface area contributed by atoms with Crippen LogP contribution in [0.15, 0.2) is 23.6 Å². The van der Waals surface area contributed by atoms with E-state index in [1.165, 1.54) is 21.8 Å². The van der Waals surface area contributed by atoms with Gasteiger partial charge in [-0.15, -0.1) is 22.7 Å². The number of nitrogens with zero attached hydrogens (tertiary/aromatic N) is 1. The molecule has 86 valence electrons. The molecule has 0 unspecified atom stereocenters. The molecular weight excluding hydrogens is 248 g/mol. The summed E-state index contributed by atoms with van der Waals surface area (Å²) in [5.74, 6) is 0. The molecule has 0 aliphatic rings. The third-order valence-corrected chi connectivity index (χ3v) is 4.65. The Morgan fingerprint density at radius 2 is 2.12 bits per heavy atom. The summed E-state index contributed by atoms with van der Waals surface area (Å²) in [5, 5.41) is 11.2. The van der Waals surface area contributed by atoms with Crippen molar-refractivity contribution in [1.29, 1.82) is 5.26 Å². The highest BCUT2D eigenvalue weighted by atomic mass is 32.1. The first kappa shape index (κ1) is 11.9. The minimum absolute atomic E-state index is 0.571. The van der Waals surface area contributed by atoms with Crippen LogP contribution in [0.4, 0.5) is 0 Å². The van der Waals surface area contributed by atoms with Crippen molar-refractivity contribution < 1.29 is 0 Å². The van der Waals surface area contributed by atoms with Crippen LogP contribution in [0, 0.1) is 25.2 Å². The summed E-state index contributed by atoms with van der Waals surface area (Å²) >= 11 is 3.17. The summed E-state index contributed by atoms with van der Waals surface area (Å²) in [6.07, 6.45) is 0. The Balaban J connectivity index is 2.53. The van der Waals surface area contributed by atoms with E-state index in [9.17, 15) is 5.26 Å². The van der Waals surface area contributed by atoms with E-state index in [0.717, 1.165) is 9.75 Å². The standard InChI is InChI=1S/C13H12N2S2/c1-8-6-12(17-9(8)2)13(15)10(7-14)11-4-3-5-16-11/h3-6H,15H2,1-2H3/b13-10+. The number of allylic oxidation sites excluding steroid dienone is 1. The van der Waals surface area contributed by atoms with Gasteiger partial charge in [-0.05, 0) is 36.9 Å². The quantitative estimate of drug-likeness (QED) is 0.835. The van der Waals surface area contributed by atoms with Crippen molar-refractivity contribution in [2.45, 2.75) is 13.8 Å². The van der Waals surface area contributed by atoms with Gasteiger partial charge in [0.05, 0.1) is 16.1 Å². The monoisotopic (exact) mass is 260 g/mol. The van der Waals surface area contributed by atoms with Crippen LogP contribution in [-0.2, 0) is 0 Å². The van der Waals surface area contributed by atoms with Gasteiger partial charge in [0.25, 0.3) is 0 Å². The zero-order valence-corrected chi connectivity index (χ0v) is 11.3. The van der Waals surface area contributed by atoms with Crippen molar-refractivity contribution >= 4 is 33.9 Å². The molecule has 2 rings (SSSR count). The molecule has 0 amide bonds. The van der Waals surface area contributed by atoms with Gasteiger partial charge in [0.2, 0.25) is 0 Å². The van der Waals surface area contributed by atoms with Gasteiger partial charge in [-0.25, -0.2) is 0 Å². The largest absolute Gasteiger partial charge is 0.396 e. The lowest BCUT2D eigenvalue weighted by Crippen LogP contribution is -1.97. The molecule has 0 saturated heterocycles. The minimum atomic E-state index is 0.571. The molecule has 2 aromatic heterocycles. The fraction of sp³-hybridized carbons (Fsp3) is 0.154. The highest BCUT2D eigenvalue weighted by molar-refractivity contribution is 7.13. The van der Waals surface area contributed by atoms with Crippen LogP contribution in [0.5, 0.6) is 0 Å². The number of aryl methyl sites for hydroxylation is 2. The van der Waals surface area contributed by atoms with Crippen LogP contribution in [-0.4, -0.2) is 0 Å². The molecular formula is C13H12N2S2. The van der Waals surface area contributed by atoms with Gasteiger partial charge < -0.3 is 5.73 Å². The molecule has 0 saturated carbocycles. The Morgan fingerprint density at radius 3 is 2.59 bits per heavy atom. The summed E-state index contributed by atoms with van der Waals surface area (Å²) in [7, 11) is 0. The van der Waals surface area contributed by atoms with E-state index in [1.54, 1.807) is 11.3 Å². The molecule has 2 N–H and O–H groups in total. The van der Waals surface area contributed by atoms with Gasteiger partial charge in [0.15, 0.2) is 0 Å². The highest BCUT2D eigenvalue weighted by Crippen LogP contribution is 2.30.